The number of carbonyl (C=O) groups is 2. The minimum absolute atomic E-state index is 0.132. The maximum atomic E-state index is 12.0. The molecule has 0 aliphatic heterocycles. The zero-order valence-electron chi connectivity index (χ0n) is 10.2. The second-order valence-electron chi connectivity index (χ2n) is 4.03. The van der Waals surface area contributed by atoms with Crippen LogP contribution in [0.5, 0.6) is 0 Å². The Morgan fingerprint density at radius 2 is 2.22 bits per heavy atom. The monoisotopic (exact) mass is 314 g/mol. The van der Waals surface area contributed by atoms with Crippen molar-refractivity contribution < 1.29 is 14.7 Å². The second-order valence-corrected chi connectivity index (χ2v) is 4.88. The van der Waals surface area contributed by atoms with E-state index in [0.717, 1.165) is 0 Å². The Balaban J connectivity index is 2.86. The number of nitrogens with one attached hydrogen (secondary N) is 1. The van der Waals surface area contributed by atoms with Gasteiger partial charge in [0.1, 0.15) is 6.04 Å². The minimum atomic E-state index is -1.03. The lowest BCUT2D eigenvalue weighted by Crippen LogP contribution is -2.45. The molecule has 0 unspecified atom stereocenters. The van der Waals surface area contributed by atoms with Gasteiger partial charge in [-0.25, -0.2) is 4.79 Å². The summed E-state index contributed by atoms with van der Waals surface area (Å²) in [6.07, 6.45) is 3.65. The SMILES string of the molecule is CC[C@H](C)[C@H](NC(=O)c1ccncc1Br)C(=O)O. The molecule has 0 aromatic carbocycles. The highest BCUT2D eigenvalue weighted by atomic mass is 79.9. The van der Waals surface area contributed by atoms with Crippen molar-refractivity contribution in [2.45, 2.75) is 26.3 Å². The van der Waals surface area contributed by atoms with Gasteiger partial charge in [0.25, 0.3) is 5.91 Å². The molecule has 1 aromatic rings. The summed E-state index contributed by atoms with van der Waals surface area (Å²) < 4.78 is 0.538. The predicted molar refractivity (Wildman–Crippen MR) is 70.3 cm³/mol. The normalized spacial score (nSPS) is 13.7. The van der Waals surface area contributed by atoms with Gasteiger partial charge in [-0.15, -0.1) is 0 Å². The van der Waals surface area contributed by atoms with E-state index in [-0.39, 0.29) is 5.92 Å². The zero-order valence-corrected chi connectivity index (χ0v) is 11.8. The third kappa shape index (κ3) is 3.53. The van der Waals surface area contributed by atoms with Gasteiger partial charge >= 0.3 is 5.97 Å². The van der Waals surface area contributed by atoms with E-state index in [1.807, 2.05) is 6.92 Å². The molecule has 1 amide bonds. The lowest BCUT2D eigenvalue weighted by Gasteiger charge is -2.20. The van der Waals surface area contributed by atoms with Crippen molar-refractivity contribution in [1.29, 1.82) is 0 Å². The zero-order chi connectivity index (χ0) is 13.7. The van der Waals surface area contributed by atoms with Crippen LogP contribution in [0.1, 0.15) is 30.6 Å². The van der Waals surface area contributed by atoms with E-state index in [1.54, 1.807) is 6.92 Å². The minimum Gasteiger partial charge on any atom is -0.480 e. The van der Waals surface area contributed by atoms with Crippen LogP contribution in [0.3, 0.4) is 0 Å². The first-order valence-electron chi connectivity index (χ1n) is 5.60. The Morgan fingerprint density at radius 3 is 2.72 bits per heavy atom. The van der Waals surface area contributed by atoms with Crippen LogP contribution in [0.2, 0.25) is 0 Å². The van der Waals surface area contributed by atoms with Crippen LogP contribution in [-0.4, -0.2) is 28.0 Å². The number of carboxylic acid groups (broad SMARTS) is 1. The molecule has 6 heteroatoms. The van der Waals surface area contributed by atoms with Gasteiger partial charge in [0.15, 0.2) is 0 Å². The Kier molecular flexibility index (Phi) is 5.27. The third-order valence-corrected chi connectivity index (χ3v) is 3.41. The first kappa shape index (κ1) is 14.6. The molecule has 0 saturated carbocycles. The fourth-order valence-corrected chi connectivity index (χ4v) is 1.89. The molecule has 2 atom stereocenters. The van der Waals surface area contributed by atoms with Crippen molar-refractivity contribution in [2.75, 3.05) is 0 Å². The predicted octanol–water partition coefficient (Wildman–Crippen LogP) is 2.07. The van der Waals surface area contributed by atoms with Gasteiger partial charge in [-0.3, -0.25) is 9.78 Å². The number of pyridine rings is 1. The highest BCUT2D eigenvalue weighted by Gasteiger charge is 2.26. The van der Waals surface area contributed by atoms with Crippen LogP contribution in [0.4, 0.5) is 0 Å². The standard InChI is InChI=1S/C12H15BrN2O3/c1-3-7(2)10(12(17)18)15-11(16)8-4-5-14-6-9(8)13/h4-7,10H,3H2,1-2H3,(H,15,16)(H,17,18)/t7-,10-/m0/s1. The van der Waals surface area contributed by atoms with E-state index < -0.39 is 17.9 Å². The second kappa shape index (κ2) is 6.49. The maximum Gasteiger partial charge on any atom is 0.326 e. The first-order chi connectivity index (χ1) is 8.47. The Morgan fingerprint density at radius 1 is 1.56 bits per heavy atom. The number of aromatic nitrogens is 1. The molecule has 1 rings (SSSR count). The molecule has 0 saturated heterocycles. The summed E-state index contributed by atoms with van der Waals surface area (Å²) in [7, 11) is 0. The molecule has 0 aliphatic rings. The van der Waals surface area contributed by atoms with Crippen LogP contribution >= 0.6 is 15.9 Å². The molecule has 2 N–H and O–H groups in total. The number of carbonyl (C=O) groups excluding carboxylic acids is 1. The van der Waals surface area contributed by atoms with Crippen molar-refractivity contribution in [3.8, 4) is 0 Å². The molecule has 0 aliphatic carbocycles. The van der Waals surface area contributed by atoms with E-state index in [4.69, 9.17) is 5.11 Å². The average molecular weight is 315 g/mol. The lowest BCUT2D eigenvalue weighted by molar-refractivity contribution is -0.140. The summed E-state index contributed by atoms with van der Waals surface area (Å²) in [5.74, 6) is -1.58. The molecular formula is C12H15BrN2O3. The van der Waals surface area contributed by atoms with E-state index in [2.05, 4.69) is 26.2 Å². The summed E-state index contributed by atoms with van der Waals surface area (Å²) in [5, 5.41) is 11.6. The fourth-order valence-electron chi connectivity index (χ4n) is 1.46. The summed E-state index contributed by atoms with van der Waals surface area (Å²) >= 11 is 3.21. The number of hydrogen-bond acceptors (Lipinski definition) is 3. The molecule has 1 aromatic heterocycles. The number of aliphatic carboxylic acids is 1. The van der Waals surface area contributed by atoms with Gasteiger partial charge in [-0.1, -0.05) is 20.3 Å². The molecular weight excluding hydrogens is 300 g/mol. The molecule has 0 radical (unpaired) electrons. The van der Waals surface area contributed by atoms with E-state index in [0.29, 0.717) is 16.5 Å². The lowest BCUT2D eigenvalue weighted by atomic mass is 9.99. The number of rotatable bonds is 5. The van der Waals surface area contributed by atoms with Crippen LogP contribution in [0, 0.1) is 5.92 Å². The smallest absolute Gasteiger partial charge is 0.326 e. The van der Waals surface area contributed by atoms with Crippen molar-refractivity contribution in [1.82, 2.24) is 10.3 Å². The summed E-state index contributed by atoms with van der Waals surface area (Å²) in [5.41, 5.74) is 0.375. The maximum absolute atomic E-state index is 12.0. The van der Waals surface area contributed by atoms with Crippen molar-refractivity contribution >= 4 is 27.8 Å². The topological polar surface area (TPSA) is 79.3 Å². The summed E-state index contributed by atoms with van der Waals surface area (Å²) in [6.45, 7) is 3.68. The molecule has 0 bridgehead atoms. The van der Waals surface area contributed by atoms with Gasteiger partial charge in [0.05, 0.1) is 5.56 Å². The van der Waals surface area contributed by atoms with Crippen molar-refractivity contribution in [2.24, 2.45) is 5.92 Å². The molecule has 1 heterocycles. The van der Waals surface area contributed by atoms with E-state index in [9.17, 15) is 9.59 Å². The molecule has 5 nitrogen and oxygen atoms in total. The van der Waals surface area contributed by atoms with Gasteiger partial charge in [-0.2, -0.15) is 0 Å². The number of halogens is 1. The number of carboxylic acids is 1. The molecule has 98 valence electrons. The van der Waals surface area contributed by atoms with Crippen LogP contribution in [-0.2, 0) is 4.79 Å². The molecule has 0 fully saturated rings. The average Bonchev–Trinajstić information content (AvgIpc) is 2.35. The highest BCUT2D eigenvalue weighted by molar-refractivity contribution is 9.10. The van der Waals surface area contributed by atoms with Crippen LogP contribution in [0.15, 0.2) is 22.9 Å². The Bertz CT molecular complexity index is 451. The fraction of sp³-hybridized carbons (Fsp3) is 0.417. The van der Waals surface area contributed by atoms with Crippen molar-refractivity contribution in [3.05, 3.63) is 28.5 Å². The quantitative estimate of drug-likeness (QED) is 0.872. The van der Waals surface area contributed by atoms with Gasteiger partial charge in [0.2, 0.25) is 0 Å². The van der Waals surface area contributed by atoms with Gasteiger partial charge < -0.3 is 10.4 Å². The highest BCUT2D eigenvalue weighted by Crippen LogP contribution is 2.15. The third-order valence-electron chi connectivity index (χ3n) is 2.78. The molecule has 18 heavy (non-hydrogen) atoms. The Labute approximate surface area is 114 Å². The van der Waals surface area contributed by atoms with Gasteiger partial charge in [-0.05, 0) is 27.9 Å². The number of hydrogen-bond donors (Lipinski definition) is 2. The van der Waals surface area contributed by atoms with E-state index >= 15 is 0 Å². The van der Waals surface area contributed by atoms with Crippen LogP contribution < -0.4 is 5.32 Å². The van der Waals surface area contributed by atoms with E-state index in [1.165, 1.54) is 18.5 Å². The molecule has 0 spiro atoms. The Hall–Kier alpha value is -1.43. The summed E-state index contributed by atoms with van der Waals surface area (Å²) in [6, 6.07) is 0.650. The number of amides is 1. The van der Waals surface area contributed by atoms with Crippen molar-refractivity contribution in [3.63, 3.8) is 0 Å². The van der Waals surface area contributed by atoms with Gasteiger partial charge in [0, 0.05) is 16.9 Å². The largest absolute Gasteiger partial charge is 0.480 e. The number of nitrogens with zero attached hydrogens (tertiary/aromatic N) is 1. The first-order valence-corrected chi connectivity index (χ1v) is 6.39. The summed E-state index contributed by atoms with van der Waals surface area (Å²) in [4.78, 5) is 26.9. The van der Waals surface area contributed by atoms with Crippen LogP contribution in [0.25, 0.3) is 0 Å².